The highest BCUT2D eigenvalue weighted by Gasteiger charge is 2.26. The van der Waals surface area contributed by atoms with Gasteiger partial charge in [-0.25, -0.2) is 18.1 Å². The number of hydrogen-bond donors (Lipinski definition) is 2. The molecule has 1 amide bonds. The number of carbonyl (C=O) groups excluding carboxylic acids is 1. The van der Waals surface area contributed by atoms with Crippen LogP contribution >= 0.6 is 0 Å². The molecule has 27 heavy (non-hydrogen) atoms. The third-order valence-electron chi connectivity index (χ3n) is 4.31. The molecule has 1 aromatic heterocycles. The van der Waals surface area contributed by atoms with Gasteiger partial charge in [-0.05, 0) is 49.9 Å². The largest absolute Gasteiger partial charge is 0.473 e. The van der Waals surface area contributed by atoms with Gasteiger partial charge in [0.1, 0.15) is 6.10 Å². The quantitative estimate of drug-likeness (QED) is 0.782. The Labute approximate surface area is 158 Å². The molecular formula is C18H22N4O4S. The molecule has 0 radical (unpaired) electrons. The highest BCUT2D eigenvalue weighted by Crippen LogP contribution is 2.24. The lowest BCUT2D eigenvalue weighted by molar-refractivity contribution is -0.114. The van der Waals surface area contributed by atoms with Crippen molar-refractivity contribution in [3.63, 3.8) is 0 Å². The van der Waals surface area contributed by atoms with Crippen molar-refractivity contribution in [1.82, 2.24) is 14.7 Å². The second kappa shape index (κ2) is 8.45. The zero-order valence-corrected chi connectivity index (χ0v) is 15.8. The van der Waals surface area contributed by atoms with Crippen LogP contribution in [0.25, 0.3) is 0 Å². The number of nitrogens with one attached hydrogen (secondary N) is 2. The number of rotatable bonds is 6. The molecule has 1 heterocycles. The third kappa shape index (κ3) is 5.48. The first-order valence-electron chi connectivity index (χ1n) is 8.75. The summed E-state index contributed by atoms with van der Waals surface area (Å²) in [5, 5.41) is 2.61. The van der Waals surface area contributed by atoms with Gasteiger partial charge in [0.15, 0.2) is 0 Å². The highest BCUT2D eigenvalue weighted by atomic mass is 32.2. The molecule has 1 saturated carbocycles. The zero-order valence-electron chi connectivity index (χ0n) is 15.0. The average molecular weight is 390 g/mol. The molecule has 0 atom stereocenters. The molecule has 0 bridgehead atoms. The SMILES string of the molecule is CC(=O)Nc1ccc(S(=O)(=O)NC2CCC(Oc3cnccn3)CC2)cc1. The van der Waals surface area contributed by atoms with E-state index in [2.05, 4.69) is 20.0 Å². The van der Waals surface area contributed by atoms with Crippen LogP contribution in [0.2, 0.25) is 0 Å². The Bertz CT molecular complexity index is 864. The van der Waals surface area contributed by atoms with Crippen LogP contribution in [0.3, 0.4) is 0 Å². The van der Waals surface area contributed by atoms with E-state index in [1.54, 1.807) is 30.7 Å². The van der Waals surface area contributed by atoms with Gasteiger partial charge in [-0.2, -0.15) is 0 Å². The van der Waals surface area contributed by atoms with Gasteiger partial charge in [-0.15, -0.1) is 0 Å². The molecule has 0 spiro atoms. The molecule has 2 aromatic rings. The van der Waals surface area contributed by atoms with Gasteiger partial charge in [-0.1, -0.05) is 0 Å². The highest BCUT2D eigenvalue weighted by molar-refractivity contribution is 7.89. The van der Waals surface area contributed by atoms with E-state index in [0.29, 0.717) is 24.4 Å². The smallest absolute Gasteiger partial charge is 0.240 e. The summed E-state index contributed by atoms with van der Waals surface area (Å²) >= 11 is 0. The number of amides is 1. The first-order valence-corrected chi connectivity index (χ1v) is 10.2. The third-order valence-corrected chi connectivity index (χ3v) is 5.84. The van der Waals surface area contributed by atoms with Crippen molar-refractivity contribution in [3.05, 3.63) is 42.9 Å². The molecular weight excluding hydrogens is 368 g/mol. The lowest BCUT2D eigenvalue weighted by Gasteiger charge is -2.28. The van der Waals surface area contributed by atoms with E-state index in [1.165, 1.54) is 19.1 Å². The summed E-state index contributed by atoms with van der Waals surface area (Å²) in [5.41, 5.74) is 0.558. The molecule has 1 aromatic carbocycles. The van der Waals surface area contributed by atoms with E-state index in [1.807, 2.05) is 0 Å². The predicted molar refractivity (Wildman–Crippen MR) is 99.8 cm³/mol. The lowest BCUT2D eigenvalue weighted by atomic mass is 9.94. The Morgan fingerprint density at radius 1 is 1.11 bits per heavy atom. The molecule has 1 aliphatic rings. The van der Waals surface area contributed by atoms with Crippen LogP contribution in [0, 0.1) is 0 Å². The summed E-state index contributed by atoms with van der Waals surface area (Å²) in [6.45, 7) is 1.40. The van der Waals surface area contributed by atoms with Crippen LogP contribution in [0.1, 0.15) is 32.6 Å². The summed E-state index contributed by atoms with van der Waals surface area (Å²) in [7, 11) is -3.61. The minimum Gasteiger partial charge on any atom is -0.473 e. The van der Waals surface area contributed by atoms with E-state index < -0.39 is 10.0 Å². The van der Waals surface area contributed by atoms with Crippen LogP contribution < -0.4 is 14.8 Å². The molecule has 9 heteroatoms. The Kier molecular flexibility index (Phi) is 6.02. The second-order valence-corrected chi connectivity index (χ2v) is 8.18. The normalized spacial score (nSPS) is 20.0. The summed E-state index contributed by atoms with van der Waals surface area (Å²) in [6, 6.07) is 5.97. The Morgan fingerprint density at radius 2 is 1.81 bits per heavy atom. The summed E-state index contributed by atoms with van der Waals surface area (Å²) in [5.74, 6) is 0.282. The summed E-state index contributed by atoms with van der Waals surface area (Å²) < 4.78 is 33.7. The van der Waals surface area contributed by atoms with E-state index in [0.717, 1.165) is 12.8 Å². The van der Waals surface area contributed by atoms with E-state index in [-0.39, 0.29) is 22.9 Å². The molecule has 0 unspecified atom stereocenters. The van der Waals surface area contributed by atoms with Gasteiger partial charge < -0.3 is 10.1 Å². The van der Waals surface area contributed by atoms with Gasteiger partial charge in [0.25, 0.3) is 0 Å². The predicted octanol–water partition coefficient (Wildman–Crippen LogP) is 2.10. The van der Waals surface area contributed by atoms with Gasteiger partial charge in [0.2, 0.25) is 21.8 Å². The topological polar surface area (TPSA) is 110 Å². The maximum absolute atomic E-state index is 12.6. The average Bonchev–Trinajstić information content (AvgIpc) is 2.64. The Morgan fingerprint density at radius 3 is 2.41 bits per heavy atom. The first-order chi connectivity index (χ1) is 12.9. The fraction of sp³-hybridized carbons (Fsp3) is 0.389. The van der Waals surface area contributed by atoms with Crippen molar-refractivity contribution in [2.24, 2.45) is 0 Å². The number of nitrogens with zero attached hydrogens (tertiary/aromatic N) is 2. The number of carbonyl (C=O) groups is 1. The van der Waals surface area contributed by atoms with Gasteiger partial charge in [-0.3, -0.25) is 9.78 Å². The number of aromatic nitrogens is 2. The van der Waals surface area contributed by atoms with Gasteiger partial charge >= 0.3 is 0 Å². The first kappa shape index (κ1) is 19.2. The monoisotopic (exact) mass is 390 g/mol. The minimum atomic E-state index is -3.61. The molecule has 8 nitrogen and oxygen atoms in total. The van der Waals surface area contributed by atoms with Gasteiger partial charge in [0.05, 0.1) is 11.1 Å². The van der Waals surface area contributed by atoms with Crippen LogP contribution in [0.5, 0.6) is 5.88 Å². The minimum absolute atomic E-state index is 0.0133. The fourth-order valence-electron chi connectivity index (χ4n) is 3.02. The number of benzene rings is 1. The van der Waals surface area contributed by atoms with Crippen molar-refractivity contribution >= 4 is 21.6 Å². The van der Waals surface area contributed by atoms with Crippen LogP contribution in [0.15, 0.2) is 47.8 Å². The Balaban J connectivity index is 1.53. The maximum atomic E-state index is 12.6. The number of ether oxygens (including phenoxy) is 1. The van der Waals surface area contributed by atoms with E-state index in [4.69, 9.17) is 4.74 Å². The summed E-state index contributed by atoms with van der Waals surface area (Å²) in [4.78, 5) is 19.3. The van der Waals surface area contributed by atoms with Crippen LogP contribution in [-0.2, 0) is 14.8 Å². The number of hydrogen-bond acceptors (Lipinski definition) is 6. The van der Waals surface area contributed by atoms with Crippen molar-refractivity contribution in [3.8, 4) is 5.88 Å². The van der Waals surface area contributed by atoms with Crippen molar-refractivity contribution < 1.29 is 17.9 Å². The number of anilines is 1. The standard InChI is InChI=1S/C18H22N4O4S/c1-13(23)21-14-4-8-17(9-5-14)27(24,25)22-15-2-6-16(7-3-15)26-18-12-19-10-11-20-18/h4-5,8-12,15-16,22H,2-3,6-7H2,1H3,(H,21,23). The van der Waals surface area contributed by atoms with Crippen LogP contribution in [-0.4, -0.2) is 36.4 Å². The zero-order chi connectivity index (χ0) is 19.3. The molecule has 144 valence electrons. The van der Waals surface area contributed by atoms with E-state index in [9.17, 15) is 13.2 Å². The maximum Gasteiger partial charge on any atom is 0.240 e. The van der Waals surface area contributed by atoms with Gasteiger partial charge in [0, 0.05) is 31.0 Å². The number of sulfonamides is 1. The van der Waals surface area contributed by atoms with Crippen molar-refractivity contribution in [1.29, 1.82) is 0 Å². The van der Waals surface area contributed by atoms with Crippen molar-refractivity contribution in [2.75, 3.05) is 5.32 Å². The van der Waals surface area contributed by atoms with Crippen molar-refractivity contribution in [2.45, 2.75) is 49.6 Å². The Hall–Kier alpha value is -2.52. The molecule has 1 fully saturated rings. The molecule has 2 N–H and O–H groups in total. The van der Waals surface area contributed by atoms with E-state index >= 15 is 0 Å². The second-order valence-electron chi connectivity index (χ2n) is 6.46. The van der Waals surface area contributed by atoms with Crippen LogP contribution in [0.4, 0.5) is 5.69 Å². The molecule has 0 aliphatic heterocycles. The molecule has 1 aliphatic carbocycles. The lowest BCUT2D eigenvalue weighted by Crippen LogP contribution is -2.39. The molecule has 0 saturated heterocycles. The fourth-order valence-corrected chi connectivity index (χ4v) is 4.33. The summed E-state index contributed by atoms with van der Waals surface area (Å²) in [6.07, 6.45) is 7.60. The molecule has 3 rings (SSSR count).